The molecule has 0 radical (unpaired) electrons. The molecule has 3 unspecified atom stereocenters. The number of aliphatic carboxylic acids is 1. The Hall–Kier alpha value is -0.650. The van der Waals surface area contributed by atoms with Crippen molar-refractivity contribution < 1.29 is 14.6 Å². The summed E-state index contributed by atoms with van der Waals surface area (Å²) in [5.74, 6) is -0.748. The third-order valence-corrected chi connectivity index (χ3v) is 4.58. The minimum atomic E-state index is -0.793. The van der Waals surface area contributed by atoms with Gasteiger partial charge in [0.1, 0.15) is 5.54 Å². The monoisotopic (exact) mass is 300 g/mol. The molecule has 1 fully saturated rings. The molecule has 0 saturated carbocycles. The van der Waals surface area contributed by atoms with E-state index in [0.717, 1.165) is 45.4 Å². The Bertz CT molecular complexity index is 325. The minimum absolute atomic E-state index is 0.311. The van der Waals surface area contributed by atoms with E-state index < -0.39 is 11.5 Å². The van der Waals surface area contributed by atoms with Gasteiger partial charge in [0.2, 0.25) is 0 Å². The molecule has 0 aliphatic carbocycles. The first-order valence-corrected chi connectivity index (χ1v) is 8.21. The average molecular weight is 300 g/mol. The lowest BCUT2D eigenvalue weighted by Gasteiger charge is -2.28. The molecule has 0 bridgehead atoms. The van der Waals surface area contributed by atoms with Gasteiger partial charge in [0.15, 0.2) is 0 Å². The Morgan fingerprint density at radius 3 is 2.71 bits per heavy atom. The molecule has 0 aromatic carbocycles. The van der Waals surface area contributed by atoms with E-state index in [4.69, 9.17) is 4.74 Å². The fraction of sp³-hybridized carbons (Fsp3) is 0.938. The molecule has 1 saturated heterocycles. The number of carbonyl (C=O) groups is 1. The van der Waals surface area contributed by atoms with Crippen molar-refractivity contribution in [2.24, 2.45) is 0 Å². The predicted molar refractivity (Wildman–Crippen MR) is 84.6 cm³/mol. The van der Waals surface area contributed by atoms with Crippen molar-refractivity contribution in [2.75, 3.05) is 26.7 Å². The van der Waals surface area contributed by atoms with Crippen molar-refractivity contribution in [3.05, 3.63) is 0 Å². The highest BCUT2D eigenvalue weighted by Crippen LogP contribution is 2.20. The molecule has 0 amide bonds. The van der Waals surface area contributed by atoms with E-state index >= 15 is 0 Å². The van der Waals surface area contributed by atoms with Crippen molar-refractivity contribution in [1.82, 2.24) is 10.2 Å². The topological polar surface area (TPSA) is 61.8 Å². The lowest BCUT2D eigenvalue weighted by molar-refractivity contribution is -0.144. The Morgan fingerprint density at radius 1 is 1.48 bits per heavy atom. The van der Waals surface area contributed by atoms with Crippen LogP contribution in [0, 0.1) is 0 Å². The first kappa shape index (κ1) is 18.4. The molecule has 3 atom stereocenters. The number of carboxylic acids is 1. The zero-order chi connectivity index (χ0) is 15.9. The highest BCUT2D eigenvalue weighted by atomic mass is 16.5. The van der Waals surface area contributed by atoms with E-state index in [1.54, 1.807) is 6.92 Å². The first-order chi connectivity index (χ1) is 9.90. The lowest BCUT2D eigenvalue weighted by Crippen LogP contribution is -2.49. The second-order valence-electron chi connectivity index (χ2n) is 6.43. The summed E-state index contributed by atoms with van der Waals surface area (Å²) in [6.07, 6.45) is 4.98. The summed E-state index contributed by atoms with van der Waals surface area (Å²) in [6, 6.07) is 0.508. The normalized spacial score (nSPS) is 25.2. The maximum Gasteiger partial charge on any atom is 0.323 e. The number of ether oxygens (including phenoxy) is 1. The highest BCUT2D eigenvalue weighted by molar-refractivity contribution is 5.78. The molecular formula is C16H32N2O3. The van der Waals surface area contributed by atoms with E-state index in [9.17, 15) is 9.90 Å². The van der Waals surface area contributed by atoms with Gasteiger partial charge in [0, 0.05) is 12.6 Å². The molecule has 1 aliphatic heterocycles. The second-order valence-corrected chi connectivity index (χ2v) is 6.43. The van der Waals surface area contributed by atoms with Gasteiger partial charge in [-0.2, -0.15) is 0 Å². The largest absolute Gasteiger partial charge is 0.480 e. The van der Waals surface area contributed by atoms with Crippen LogP contribution in [0.3, 0.4) is 0 Å². The number of likely N-dealkylation sites (N-methyl/N-ethyl adjacent to an activating group) is 1. The summed E-state index contributed by atoms with van der Waals surface area (Å²) in [7, 11) is 2.14. The van der Waals surface area contributed by atoms with Gasteiger partial charge in [0.25, 0.3) is 0 Å². The molecule has 1 rings (SSSR count). The summed E-state index contributed by atoms with van der Waals surface area (Å²) >= 11 is 0. The minimum Gasteiger partial charge on any atom is -0.480 e. The molecule has 1 heterocycles. The van der Waals surface area contributed by atoms with E-state index in [-0.39, 0.29) is 0 Å². The number of nitrogens with one attached hydrogen (secondary N) is 1. The number of carboxylic acid groups (broad SMARTS) is 1. The molecule has 1 aliphatic rings. The van der Waals surface area contributed by atoms with Crippen LogP contribution in [0.5, 0.6) is 0 Å². The molecule has 124 valence electrons. The summed E-state index contributed by atoms with van der Waals surface area (Å²) in [4.78, 5) is 13.8. The Labute approximate surface area is 129 Å². The number of nitrogens with zero attached hydrogens (tertiary/aromatic N) is 1. The number of rotatable bonds is 10. The van der Waals surface area contributed by atoms with Crippen LogP contribution >= 0.6 is 0 Å². The average Bonchev–Trinajstić information content (AvgIpc) is 2.87. The first-order valence-electron chi connectivity index (χ1n) is 8.21. The lowest BCUT2D eigenvalue weighted by atomic mass is 9.94. The Balaban J connectivity index is 2.29. The molecule has 21 heavy (non-hydrogen) atoms. The Morgan fingerprint density at radius 2 is 2.19 bits per heavy atom. The zero-order valence-electron chi connectivity index (χ0n) is 14.0. The summed E-state index contributed by atoms with van der Waals surface area (Å²) in [6.45, 7) is 8.58. The molecule has 0 spiro atoms. The predicted octanol–water partition coefficient (Wildman–Crippen LogP) is 2.11. The van der Waals surface area contributed by atoms with Gasteiger partial charge in [0.05, 0.1) is 6.10 Å². The van der Waals surface area contributed by atoms with Crippen LogP contribution in [0.2, 0.25) is 0 Å². The van der Waals surface area contributed by atoms with Crippen molar-refractivity contribution in [3.63, 3.8) is 0 Å². The van der Waals surface area contributed by atoms with Crippen molar-refractivity contribution in [2.45, 2.75) is 70.6 Å². The summed E-state index contributed by atoms with van der Waals surface area (Å²) in [5, 5.41) is 12.5. The quantitative estimate of drug-likeness (QED) is 0.605. The van der Waals surface area contributed by atoms with Crippen molar-refractivity contribution in [3.8, 4) is 0 Å². The van der Waals surface area contributed by atoms with Gasteiger partial charge in [-0.15, -0.1) is 0 Å². The second kappa shape index (κ2) is 8.71. The van der Waals surface area contributed by atoms with Gasteiger partial charge < -0.3 is 20.1 Å². The van der Waals surface area contributed by atoms with Crippen LogP contribution in [0.1, 0.15) is 52.9 Å². The van der Waals surface area contributed by atoms with Crippen LogP contribution in [0.25, 0.3) is 0 Å². The van der Waals surface area contributed by atoms with E-state index in [1.807, 2.05) is 0 Å². The number of hydrogen-bond donors (Lipinski definition) is 2. The molecule has 5 nitrogen and oxygen atoms in total. The molecule has 0 aromatic rings. The number of unbranched alkanes of at least 4 members (excludes halogenated alkanes) is 1. The van der Waals surface area contributed by atoms with Gasteiger partial charge >= 0.3 is 5.97 Å². The van der Waals surface area contributed by atoms with Gasteiger partial charge in [-0.05, 0) is 66.1 Å². The molecular weight excluding hydrogens is 268 g/mol. The Kier molecular flexibility index (Phi) is 7.63. The SMILES string of the molecule is CCCNC(C)(CCCCN(C)C1CCOC1C)C(=O)O. The van der Waals surface area contributed by atoms with Gasteiger partial charge in [-0.1, -0.05) is 6.92 Å². The fourth-order valence-electron chi connectivity index (χ4n) is 2.98. The van der Waals surface area contributed by atoms with Crippen molar-refractivity contribution in [1.29, 1.82) is 0 Å². The third kappa shape index (κ3) is 5.57. The van der Waals surface area contributed by atoms with Crippen LogP contribution in [0.15, 0.2) is 0 Å². The highest BCUT2D eigenvalue weighted by Gasteiger charge is 2.32. The van der Waals surface area contributed by atoms with Crippen LogP contribution in [-0.4, -0.2) is 60.4 Å². The van der Waals surface area contributed by atoms with E-state index in [2.05, 4.69) is 31.1 Å². The van der Waals surface area contributed by atoms with Crippen molar-refractivity contribution >= 4 is 5.97 Å². The standard InChI is InChI=1S/C16H32N2O3/c1-5-10-17-16(3,15(19)20)9-6-7-11-18(4)14-8-12-21-13(14)2/h13-14,17H,5-12H2,1-4H3,(H,19,20). The van der Waals surface area contributed by atoms with Crippen LogP contribution < -0.4 is 5.32 Å². The fourth-order valence-corrected chi connectivity index (χ4v) is 2.98. The van der Waals surface area contributed by atoms with Crippen LogP contribution in [-0.2, 0) is 9.53 Å². The maximum absolute atomic E-state index is 11.4. The molecule has 0 aromatic heterocycles. The molecule has 5 heteroatoms. The van der Waals surface area contributed by atoms with Gasteiger partial charge in [-0.3, -0.25) is 4.79 Å². The van der Waals surface area contributed by atoms with E-state index in [1.165, 1.54) is 0 Å². The van der Waals surface area contributed by atoms with E-state index in [0.29, 0.717) is 18.6 Å². The summed E-state index contributed by atoms with van der Waals surface area (Å²) in [5.41, 5.74) is -0.793. The summed E-state index contributed by atoms with van der Waals surface area (Å²) < 4.78 is 5.59. The molecule has 2 N–H and O–H groups in total. The third-order valence-electron chi connectivity index (χ3n) is 4.58. The maximum atomic E-state index is 11.4. The smallest absolute Gasteiger partial charge is 0.323 e. The number of hydrogen-bond acceptors (Lipinski definition) is 4. The van der Waals surface area contributed by atoms with Gasteiger partial charge in [-0.25, -0.2) is 0 Å². The van der Waals surface area contributed by atoms with Crippen LogP contribution in [0.4, 0.5) is 0 Å². The zero-order valence-corrected chi connectivity index (χ0v) is 14.0.